The Bertz CT molecular complexity index is 589. The van der Waals surface area contributed by atoms with Crippen LogP contribution in [-0.4, -0.2) is 32.8 Å². The van der Waals surface area contributed by atoms with Crippen LogP contribution in [0.2, 0.25) is 5.02 Å². The normalized spacial score (nSPS) is 11.4. The number of nitrogens with two attached hydrogens (primary N) is 1. The SMILES string of the molecule is CCN(C)C(=O)c1cc(S(N)(=O)=O)c(F)cc1Cl. The van der Waals surface area contributed by atoms with Gasteiger partial charge in [-0.25, -0.2) is 17.9 Å². The van der Waals surface area contributed by atoms with Gasteiger partial charge in [-0.2, -0.15) is 0 Å². The molecular formula is C10H12ClFN2O3S. The molecule has 1 amide bonds. The van der Waals surface area contributed by atoms with E-state index in [0.29, 0.717) is 6.54 Å². The van der Waals surface area contributed by atoms with Crippen LogP contribution in [0.3, 0.4) is 0 Å². The van der Waals surface area contributed by atoms with Crippen LogP contribution in [0.15, 0.2) is 17.0 Å². The molecule has 2 N–H and O–H groups in total. The predicted octanol–water partition coefficient (Wildman–Crippen LogP) is 1.22. The zero-order chi connectivity index (χ0) is 14.1. The Kier molecular flexibility index (Phi) is 4.31. The summed E-state index contributed by atoms with van der Waals surface area (Å²) in [6.45, 7) is 2.13. The Labute approximate surface area is 109 Å². The van der Waals surface area contributed by atoms with Gasteiger partial charge in [0.05, 0.1) is 10.6 Å². The summed E-state index contributed by atoms with van der Waals surface area (Å²) in [6, 6.07) is 1.61. The third-order valence-electron chi connectivity index (χ3n) is 2.38. The van der Waals surface area contributed by atoms with Crippen LogP contribution < -0.4 is 5.14 Å². The maximum atomic E-state index is 13.4. The second-order valence-corrected chi connectivity index (χ2v) is 5.56. The van der Waals surface area contributed by atoms with E-state index in [1.165, 1.54) is 11.9 Å². The lowest BCUT2D eigenvalue weighted by molar-refractivity contribution is 0.0802. The lowest BCUT2D eigenvalue weighted by Crippen LogP contribution is -2.27. The van der Waals surface area contributed by atoms with Gasteiger partial charge in [0, 0.05) is 13.6 Å². The van der Waals surface area contributed by atoms with Crippen molar-refractivity contribution in [2.24, 2.45) is 5.14 Å². The molecule has 0 saturated carbocycles. The maximum Gasteiger partial charge on any atom is 0.255 e. The summed E-state index contributed by atoms with van der Waals surface area (Å²) in [7, 11) is -2.73. The third kappa shape index (κ3) is 2.98. The standard InChI is InChI=1S/C10H12ClFN2O3S/c1-3-14(2)10(15)6-4-9(18(13,16)17)8(12)5-7(6)11/h4-5H,3H2,1-2H3,(H2,13,16,17). The zero-order valence-electron chi connectivity index (χ0n) is 9.78. The van der Waals surface area contributed by atoms with E-state index in [1.54, 1.807) is 6.92 Å². The number of halogens is 2. The number of rotatable bonds is 3. The van der Waals surface area contributed by atoms with Crippen molar-refractivity contribution in [3.63, 3.8) is 0 Å². The van der Waals surface area contributed by atoms with Crippen molar-refractivity contribution in [1.29, 1.82) is 0 Å². The summed E-state index contributed by atoms with van der Waals surface area (Å²) in [4.78, 5) is 12.4. The highest BCUT2D eigenvalue weighted by Gasteiger charge is 2.22. The number of hydrogen-bond acceptors (Lipinski definition) is 3. The van der Waals surface area contributed by atoms with Gasteiger partial charge in [-0.1, -0.05) is 11.6 Å². The average molecular weight is 295 g/mol. The van der Waals surface area contributed by atoms with Crippen molar-refractivity contribution in [3.05, 3.63) is 28.5 Å². The second kappa shape index (κ2) is 5.21. The Morgan fingerprint density at radius 1 is 1.50 bits per heavy atom. The fourth-order valence-electron chi connectivity index (χ4n) is 1.26. The van der Waals surface area contributed by atoms with Crippen molar-refractivity contribution >= 4 is 27.5 Å². The summed E-state index contributed by atoms with van der Waals surface area (Å²) in [5.41, 5.74) is -0.105. The van der Waals surface area contributed by atoms with Crippen LogP contribution in [0.5, 0.6) is 0 Å². The molecule has 0 aromatic heterocycles. The van der Waals surface area contributed by atoms with Crippen LogP contribution in [0.25, 0.3) is 0 Å². The van der Waals surface area contributed by atoms with Gasteiger partial charge in [0.25, 0.3) is 5.91 Å². The van der Waals surface area contributed by atoms with Gasteiger partial charge in [-0.3, -0.25) is 4.79 Å². The highest BCUT2D eigenvalue weighted by Crippen LogP contribution is 2.24. The van der Waals surface area contributed by atoms with Crippen LogP contribution in [0.1, 0.15) is 17.3 Å². The molecule has 0 aliphatic rings. The zero-order valence-corrected chi connectivity index (χ0v) is 11.3. The summed E-state index contributed by atoms with van der Waals surface area (Å²) in [6.07, 6.45) is 0. The topological polar surface area (TPSA) is 80.5 Å². The van der Waals surface area contributed by atoms with E-state index in [4.69, 9.17) is 16.7 Å². The van der Waals surface area contributed by atoms with Gasteiger partial charge in [0.2, 0.25) is 10.0 Å². The number of amides is 1. The number of hydrogen-bond donors (Lipinski definition) is 1. The number of carbonyl (C=O) groups is 1. The second-order valence-electron chi connectivity index (χ2n) is 3.63. The van der Waals surface area contributed by atoms with Crippen LogP contribution in [-0.2, 0) is 10.0 Å². The van der Waals surface area contributed by atoms with Crippen LogP contribution >= 0.6 is 11.6 Å². The fourth-order valence-corrected chi connectivity index (χ4v) is 2.10. The van der Waals surface area contributed by atoms with Gasteiger partial charge in [0.1, 0.15) is 10.7 Å². The Morgan fingerprint density at radius 3 is 2.50 bits per heavy atom. The fraction of sp³-hybridized carbons (Fsp3) is 0.300. The molecule has 0 aliphatic heterocycles. The van der Waals surface area contributed by atoms with Crippen molar-refractivity contribution in [3.8, 4) is 0 Å². The summed E-state index contributed by atoms with van der Waals surface area (Å²) in [5, 5.41) is 4.69. The molecule has 0 atom stereocenters. The van der Waals surface area contributed by atoms with E-state index < -0.39 is 26.6 Å². The molecule has 8 heteroatoms. The molecule has 0 aliphatic carbocycles. The molecule has 0 bridgehead atoms. The first-order chi connectivity index (χ1) is 8.18. The number of nitrogens with zero attached hydrogens (tertiary/aromatic N) is 1. The molecule has 0 heterocycles. The minimum atomic E-state index is -4.24. The Morgan fingerprint density at radius 2 is 2.06 bits per heavy atom. The molecule has 0 radical (unpaired) electrons. The largest absolute Gasteiger partial charge is 0.342 e. The molecular weight excluding hydrogens is 283 g/mol. The number of carbonyl (C=O) groups excluding carboxylic acids is 1. The maximum absolute atomic E-state index is 13.4. The summed E-state index contributed by atoms with van der Waals surface area (Å²) >= 11 is 5.72. The Hall–Kier alpha value is -1.18. The Balaban J connectivity index is 3.44. The van der Waals surface area contributed by atoms with E-state index >= 15 is 0 Å². The average Bonchev–Trinajstić information content (AvgIpc) is 2.25. The van der Waals surface area contributed by atoms with Gasteiger partial charge < -0.3 is 4.90 Å². The van der Waals surface area contributed by atoms with Crippen molar-refractivity contribution in [1.82, 2.24) is 4.90 Å². The summed E-state index contributed by atoms with van der Waals surface area (Å²) in [5.74, 6) is -1.59. The van der Waals surface area contributed by atoms with E-state index in [2.05, 4.69) is 0 Å². The molecule has 0 spiro atoms. The van der Waals surface area contributed by atoms with Gasteiger partial charge in [0.15, 0.2) is 0 Å². The van der Waals surface area contributed by atoms with Gasteiger partial charge in [-0.15, -0.1) is 0 Å². The van der Waals surface area contributed by atoms with E-state index in [-0.39, 0.29) is 10.6 Å². The molecule has 1 aromatic rings. The monoisotopic (exact) mass is 294 g/mol. The van der Waals surface area contributed by atoms with Gasteiger partial charge >= 0.3 is 0 Å². The molecule has 5 nitrogen and oxygen atoms in total. The highest BCUT2D eigenvalue weighted by molar-refractivity contribution is 7.89. The molecule has 1 rings (SSSR count). The van der Waals surface area contributed by atoms with Crippen molar-refractivity contribution in [2.75, 3.05) is 13.6 Å². The summed E-state index contributed by atoms with van der Waals surface area (Å²) < 4.78 is 35.7. The predicted molar refractivity (Wildman–Crippen MR) is 65.4 cm³/mol. The number of sulfonamides is 1. The number of primary sulfonamides is 1. The van der Waals surface area contributed by atoms with Crippen molar-refractivity contribution in [2.45, 2.75) is 11.8 Å². The molecule has 18 heavy (non-hydrogen) atoms. The van der Waals surface area contributed by atoms with Crippen molar-refractivity contribution < 1.29 is 17.6 Å². The first kappa shape index (κ1) is 14.9. The van der Waals surface area contributed by atoms with E-state index in [1.807, 2.05) is 0 Å². The first-order valence-corrected chi connectivity index (χ1v) is 6.88. The van der Waals surface area contributed by atoms with Gasteiger partial charge in [-0.05, 0) is 19.1 Å². The van der Waals surface area contributed by atoms with E-state index in [0.717, 1.165) is 12.1 Å². The van der Waals surface area contributed by atoms with E-state index in [9.17, 15) is 17.6 Å². The minimum Gasteiger partial charge on any atom is -0.342 e. The quantitative estimate of drug-likeness (QED) is 0.910. The lowest BCUT2D eigenvalue weighted by Gasteiger charge is -2.16. The highest BCUT2D eigenvalue weighted by atomic mass is 35.5. The molecule has 0 unspecified atom stereocenters. The molecule has 100 valence electrons. The molecule has 0 fully saturated rings. The van der Waals surface area contributed by atoms with Crippen LogP contribution in [0, 0.1) is 5.82 Å². The lowest BCUT2D eigenvalue weighted by atomic mass is 10.2. The third-order valence-corrected chi connectivity index (χ3v) is 3.62. The van der Waals surface area contributed by atoms with Crippen LogP contribution in [0.4, 0.5) is 4.39 Å². The molecule has 1 aromatic carbocycles. The first-order valence-electron chi connectivity index (χ1n) is 4.95. The minimum absolute atomic E-state index is 0.105. The molecule has 0 saturated heterocycles. The smallest absolute Gasteiger partial charge is 0.255 e. The number of benzene rings is 1.